The predicted molar refractivity (Wildman–Crippen MR) is 77.6 cm³/mol. The third-order valence-corrected chi connectivity index (χ3v) is 4.18. The number of benzene rings is 1. The molecular weight excluding hydrogens is 284 g/mol. The summed E-state index contributed by atoms with van der Waals surface area (Å²) in [4.78, 5) is 4.55. The monoisotopic (exact) mass is 302 g/mol. The number of nitrogens with one attached hydrogen (secondary N) is 2. The highest BCUT2D eigenvalue weighted by Crippen LogP contribution is 2.33. The second-order valence-electron chi connectivity index (χ2n) is 5.81. The molecule has 4 rings (SSSR count). The highest BCUT2D eigenvalue weighted by atomic mass is 16.7. The highest BCUT2D eigenvalue weighted by molar-refractivity contribution is 5.45. The van der Waals surface area contributed by atoms with Crippen LogP contribution in [0.3, 0.4) is 0 Å². The Labute approximate surface area is 128 Å². The van der Waals surface area contributed by atoms with Crippen LogP contribution < -0.4 is 20.3 Å². The zero-order chi connectivity index (χ0) is 15.1. The first-order valence-corrected chi connectivity index (χ1v) is 7.43. The van der Waals surface area contributed by atoms with Gasteiger partial charge in [-0.05, 0) is 31.5 Å². The minimum Gasteiger partial charge on any atom is -0.454 e. The van der Waals surface area contributed by atoms with Gasteiger partial charge in [0, 0.05) is 18.5 Å². The molecular formula is C15H18N4O3. The lowest BCUT2D eigenvalue weighted by atomic mass is 9.97. The van der Waals surface area contributed by atoms with Crippen molar-refractivity contribution in [3.63, 3.8) is 0 Å². The molecule has 0 radical (unpaired) electrons. The first-order valence-electron chi connectivity index (χ1n) is 7.43. The summed E-state index contributed by atoms with van der Waals surface area (Å²) in [5.74, 6) is 3.09. The third-order valence-electron chi connectivity index (χ3n) is 4.18. The summed E-state index contributed by atoms with van der Waals surface area (Å²) in [5, 5.41) is 4.10. The van der Waals surface area contributed by atoms with Gasteiger partial charge in [-0.15, -0.1) is 0 Å². The van der Waals surface area contributed by atoms with Gasteiger partial charge in [0.05, 0.1) is 5.92 Å². The van der Waals surface area contributed by atoms with Crippen molar-refractivity contribution in [2.24, 2.45) is 0 Å². The Kier molecular flexibility index (Phi) is 3.24. The summed E-state index contributed by atoms with van der Waals surface area (Å²) in [7, 11) is 0. The molecule has 2 aliphatic rings. The SMILES string of the molecule is CC1NNC(C)C1c1nc(Cc2ccc3c(c2)OCO3)no1. The summed E-state index contributed by atoms with van der Waals surface area (Å²) in [6.45, 7) is 4.48. The number of fused-ring (bicyclic) bond motifs is 1. The van der Waals surface area contributed by atoms with E-state index in [0.29, 0.717) is 18.1 Å². The smallest absolute Gasteiger partial charge is 0.233 e. The van der Waals surface area contributed by atoms with Gasteiger partial charge in [0.2, 0.25) is 12.7 Å². The molecule has 1 saturated heterocycles. The van der Waals surface area contributed by atoms with Crippen LogP contribution in [0, 0.1) is 0 Å². The van der Waals surface area contributed by atoms with E-state index in [1.807, 2.05) is 18.2 Å². The van der Waals surface area contributed by atoms with Crippen LogP contribution in [0.25, 0.3) is 0 Å². The fourth-order valence-corrected chi connectivity index (χ4v) is 3.01. The zero-order valence-electron chi connectivity index (χ0n) is 12.5. The van der Waals surface area contributed by atoms with Gasteiger partial charge in [-0.1, -0.05) is 11.2 Å². The maximum absolute atomic E-state index is 5.46. The Balaban J connectivity index is 1.52. The van der Waals surface area contributed by atoms with Crippen LogP contribution in [0.2, 0.25) is 0 Å². The van der Waals surface area contributed by atoms with Gasteiger partial charge in [-0.25, -0.2) is 0 Å². The third kappa shape index (κ3) is 2.32. The molecule has 3 heterocycles. The molecule has 116 valence electrons. The van der Waals surface area contributed by atoms with Crippen LogP contribution in [-0.4, -0.2) is 29.0 Å². The van der Waals surface area contributed by atoms with E-state index in [-0.39, 0.29) is 24.8 Å². The van der Waals surface area contributed by atoms with Crippen LogP contribution in [0.5, 0.6) is 11.5 Å². The van der Waals surface area contributed by atoms with E-state index in [1.165, 1.54) is 0 Å². The van der Waals surface area contributed by atoms with Crippen molar-refractivity contribution in [2.75, 3.05) is 6.79 Å². The fourth-order valence-electron chi connectivity index (χ4n) is 3.01. The van der Waals surface area contributed by atoms with Gasteiger partial charge in [0.25, 0.3) is 0 Å². The van der Waals surface area contributed by atoms with E-state index in [0.717, 1.165) is 17.1 Å². The quantitative estimate of drug-likeness (QED) is 0.886. The lowest BCUT2D eigenvalue weighted by Gasteiger charge is -2.11. The number of ether oxygens (including phenoxy) is 2. The number of aromatic nitrogens is 2. The summed E-state index contributed by atoms with van der Waals surface area (Å²) >= 11 is 0. The Bertz CT molecular complexity index is 677. The van der Waals surface area contributed by atoms with Crippen molar-refractivity contribution in [1.82, 2.24) is 21.0 Å². The minimum absolute atomic E-state index is 0.179. The molecule has 7 nitrogen and oxygen atoms in total. The molecule has 2 N–H and O–H groups in total. The predicted octanol–water partition coefficient (Wildman–Crippen LogP) is 1.36. The number of nitrogens with zero attached hydrogens (tertiary/aromatic N) is 2. The second-order valence-corrected chi connectivity index (χ2v) is 5.81. The van der Waals surface area contributed by atoms with E-state index >= 15 is 0 Å². The Morgan fingerprint density at radius 2 is 1.91 bits per heavy atom. The van der Waals surface area contributed by atoms with E-state index in [9.17, 15) is 0 Å². The number of hydrogen-bond acceptors (Lipinski definition) is 7. The number of hydrazine groups is 1. The Morgan fingerprint density at radius 3 is 2.73 bits per heavy atom. The average molecular weight is 302 g/mol. The molecule has 0 spiro atoms. The van der Waals surface area contributed by atoms with Crippen molar-refractivity contribution in [1.29, 1.82) is 0 Å². The van der Waals surface area contributed by atoms with Crippen molar-refractivity contribution >= 4 is 0 Å². The fraction of sp³-hybridized carbons (Fsp3) is 0.467. The summed E-state index contributed by atoms with van der Waals surface area (Å²) in [6.07, 6.45) is 0.608. The van der Waals surface area contributed by atoms with Crippen LogP contribution in [0.4, 0.5) is 0 Å². The first kappa shape index (κ1) is 13.5. The second kappa shape index (κ2) is 5.26. The molecule has 1 aromatic heterocycles. The van der Waals surface area contributed by atoms with Crippen LogP contribution in [0.15, 0.2) is 22.7 Å². The zero-order valence-corrected chi connectivity index (χ0v) is 12.5. The maximum Gasteiger partial charge on any atom is 0.233 e. The molecule has 0 bridgehead atoms. The molecule has 0 amide bonds. The van der Waals surface area contributed by atoms with Crippen LogP contribution in [0.1, 0.15) is 37.0 Å². The highest BCUT2D eigenvalue weighted by Gasteiger charge is 2.35. The molecule has 1 fully saturated rings. The van der Waals surface area contributed by atoms with Gasteiger partial charge in [-0.2, -0.15) is 4.98 Å². The first-order chi connectivity index (χ1) is 10.7. The molecule has 2 atom stereocenters. The van der Waals surface area contributed by atoms with E-state index in [4.69, 9.17) is 14.0 Å². The normalized spacial score (nSPS) is 26.5. The van der Waals surface area contributed by atoms with Crippen molar-refractivity contribution in [2.45, 2.75) is 38.3 Å². The van der Waals surface area contributed by atoms with Crippen LogP contribution >= 0.6 is 0 Å². The summed E-state index contributed by atoms with van der Waals surface area (Å²) < 4.78 is 16.2. The maximum atomic E-state index is 5.46. The Morgan fingerprint density at radius 1 is 1.14 bits per heavy atom. The molecule has 2 unspecified atom stereocenters. The Hall–Kier alpha value is -2.12. The molecule has 1 aromatic carbocycles. The average Bonchev–Trinajstić information content (AvgIpc) is 3.20. The molecule has 7 heteroatoms. The lowest BCUT2D eigenvalue weighted by Crippen LogP contribution is -2.30. The molecule has 0 aliphatic carbocycles. The molecule has 2 aliphatic heterocycles. The van der Waals surface area contributed by atoms with E-state index < -0.39 is 0 Å². The lowest BCUT2D eigenvalue weighted by molar-refractivity contribution is 0.174. The standard InChI is InChI=1S/C15H18N4O3/c1-8-14(9(2)18-17-8)15-16-13(19-22-15)6-10-3-4-11-12(5-10)21-7-20-11/h3-5,8-9,14,17-18H,6-7H2,1-2H3. The van der Waals surface area contributed by atoms with Gasteiger partial charge in [-0.3, -0.25) is 10.9 Å². The molecule has 22 heavy (non-hydrogen) atoms. The topological polar surface area (TPSA) is 81.4 Å². The van der Waals surface area contributed by atoms with Crippen molar-refractivity contribution in [3.8, 4) is 11.5 Å². The van der Waals surface area contributed by atoms with Gasteiger partial charge in [0.15, 0.2) is 17.3 Å². The van der Waals surface area contributed by atoms with Crippen LogP contribution in [-0.2, 0) is 6.42 Å². The number of rotatable bonds is 3. The summed E-state index contributed by atoms with van der Waals surface area (Å²) in [6, 6.07) is 6.38. The summed E-state index contributed by atoms with van der Waals surface area (Å²) in [5.41, 5.74) is 7.46. The van der Waals surface area contributed by atoms with Crippen molar-refractivity contribution < 1.29 is 14.0 Å². The number of hydrogen-bond donors (Lipinski definition) is 2. The van der Waals surface area contributed by atoms with E-state index in [1.54, 1.807) is 0 Å². The van der Waals surface area contributed by atoms with Gasteiger partial charge >= 0.3 is 0 Å². The molecule has 2 aromatic rings. The van der Waals surface area contributed by atoms with E-state index in [2.05, 4.69) is 34.8 Å². The van der Waals surface area contributed by atoms with Gasteiger partial charge in [0.1, 0.15) is 0 Å². The minimum atomic E-state index is 0.179. The van der Waals surface area contributed by atoms with Crippen molar-refractivity contribution in [3.05, 3.63) is 35.5 Å². The van der Waals surface area contributed by atoms with Gasteiger partial charge < -0.3 is 14.0 Å². The largest absolute Gasteiger partial charge is 0.454 e. The molecule has 0 saturated carbocycles.